The third kappa shape index (κ3) is 1.46. The zero-order valence-corrected chi connectivity index (χ0v) is 8.07. The van der Waals surface area contributed by atoms with Gasteiger partial charge in [-0.3, -0.25) is 9.69 Å². The van der Waals surface area contributed by atoms with Crippen LogP contribution in [0.3, 0.4) is 0 Å². The van der Waals surface area contributed by atoms with E-state index in [2.05, 4.69) is 0 Å². The lowest BCUT2D eigenvalue weighted by Gasteiger charge is -2.26. The number of carbonyl (C=O) groups is 1. The van der Waals surface area contributed by atoms with Gasteiger partial charge in [-0.05, 0) is 31.7 Å². The van der Waals surface area contributed by atoms with Gasteiger partial charge in [0.25, 0.3) is 0 Å². The van der Waals surface area contributed by atoms with Crippen LogP contribution in [-0.4, -0.2) is 35.6 Å². The van der Waals surface area contributed by atoms with Crippen LogP contribution < -0.4 is 0 Å². The molecule has 13 heavy (non-hydrogen) atoms. The summed E-state index contributed by atoms with van der Waals surface area (Å²) in [5.74, 6) is 0.452. The summed E-state index contributed by atoms with van der Waals surface area (Å²) in [6.45, 7) is 0.988. The van der Waals surface area contributed by atoms with Gasteiger partial charge in [0.05, 0.1) is 0 Å². The van der Waals surface area contributed by atoms with Gasteiger partial charge in [-0.1, -0.05) is 12.8 Å². The standard InChI is InChI=1S/C10H17NO2/c1-11-6-7-4-2-3-5-8(7)9(11)10(12)13/h7-9H,2-6H2,1H3,(H,12,13)/t7-,8-,9+/m1/s1. The van der Waals surface area contributed by atoms with Crippen LogP contribution in [0.5, 0.6) is 0 Å². The summed E-state index contributed by atoms with van der Waals surface area (Å²) in [6, 6.07) is -0.203. The van der Waals surface area contributed by atoms with Crippen LogP contribution in [-0.2, 0) is 4.79 Å². The number of likely N-dealkylation sites (N-methyl/N-ethyl adjacent to an activating group) is 1. The molecule has 0 bridgehead atoms. The Labute approximate surface area is 78.7 Å². The third-order valence-electron chi connectivity index (χ3n) is 3.62. The van der Waals surface area contributed by atoms with Crippen molar-refractivity contribution in [2.24, 2.45) is 11.8 Å². The molecule has 1 aliphatic heterocycles. The highest BCUT2D eigenvalue weighted by Crippen LogP contribution is 2.39. The summed E-state index contributed by atoms with van der Waals surface area (Å²) >= 11 is 0. The minimum atomic E-state index is -0.628. The second-order valence-corrected chi connectivity index (χ2v) is 4.43. The van der Waals surface area contributed by atoms with Crippen LogP contribution in [0.15, 0.2) is 0 Å². The Morgan fingerprint density at radius 3 is 2.77 bits per heavy atom. The van der Waals surface area contributed by atoms with Gasteiger partial charge < -0.3 is 5.11 Å². The first-order chi connectivity index (χ1) is 6.20. The molecule has 2 fully saturated rings. The summed E-state index contributed by atoms with van der Waals surface area (Å²) in [6.07, 6.45) is 4.87. The van der Waals surface area contributed by atoms with Crippen molar-refractivity contribution in [3.8, 4) is 0 Å². The van der Waals surface area contributed by atoms with Crippen LogP contribution in [0.1, 0.15) is 25.7 Å². The molecule has 0 unspecified atom stereocenters. The first-order valence-corrected chi connectivity index (χ1v) is 5.13. The van der Waals surface area contributed by atoms with Crippen molar-refractivity contribution in [2.45, 2.75) is 31.7 Å². The molecule has 0 aromatic rings. The molecule has 0 amide bonds. The Morgan fingerprint density at radius 1 is 1.38 bits per heavy atom. The number of carboxylic acids is 1. The van der Waals surface area contributed by atoms with E-state index in [9.17, 15) is 4.79 Å². The SMILES string of the molecule is CN1C[C@H]2CCCC[C@H]2[C@H]1C(=O)O. The number of likely N-dealkylation sites (tertiary alicyclic amines) is 1. The highest BCUT2D eigenvalue weighted by atomic mass is 16.4. The zero-order valence-electron chi connectivity index (χ0n) is 8.07. The van der Waals surface area contributed by atoms with Crippen molar-refractivity contribution in [3.63, 3.8) is 0 Å². The Kier molecular flexibility index (Phi) is 2.28. The molecule has 0 spiro atoms. The molecule has 1 aliphatic carbocycles. The molecule has 2 rings (SSSR count). The highest BCUT2D eigenvalue weighted by Gasteiger charge is 2.44. The quantitative estimate of drug-likeness (QED) is 0.664. The molecule has 1 N–H and O–H groups in total. The fourth-order valence-electron chi connectivity index (χ4n) is 3.06. The van der Waals surface area contributed by atoms with E-state index in [0.29, 0.717) is 11.8 Å². The average molecular weight is 183 g/mol. The topological polar surface area (TPSA) is 40.5 Å². The lowest BCUT2D eigenvalue weighted by atomic mass is 9.78. The monoisotopic (exact) mass is 183 g/mol. The largest absolute Gasteiger partial charge is 0.480 e. The summed E-state index contributed by atoms with van der Waals surface area (Å²) in [4.78, 5) is 13.0. The van der Waals surface area contributed by atoms with Crippen LogP contribution in [0.2, 0.25) is 0 Å². The molecule has 0 aromatic carbocycles. The maximum absolute atomic E-state index is 11.0. The van der Waals surface area contributed by atoms with E-state index in [1.54, 1.807) is 0 Å². The molecule has 1 heterocycles. The molecule has 3 heteroatoms. The molecule has 0 radical (unpaired) electrons. The van der Waals surface area contributed by atoms with E-state index in [0.717, 1.165) is 13.0 Å². The number of nitrogens with zero attached hydrogens (tertiary/aromatic N) is 1. The van der Waals surface area contributed by atoms with Crippen LogP contribution >= 0.6 is 0 Å². The molecule has 3 nitrogen and oxygen atoms in total. The van der Waals surface area contributed by atoms with Gasteiger partial charge in [0.15, 0.2) is 0 Å². The van der Waals surface area contributed by atoms with Crippen LogP contribution in [0.25, 0.3) is 0 Å². The second-order valence-electron chi connectivity index (χ2n) is 4.43. The van der Waals surface area contributed by atoms with Crippen molar-refractivity contribution < 1.29 is 9.90 Å². The summed E-state index contributed by atoms with van der Waals surface area (Å²) in [7, 11) is 1.94. The number of hydrogen-bond donors (Lipinski definition) is 1. The molecule has 74 valence electrons. The molecule has 2 aliphatic rings. The zero-order chi connectivity index (χ0) is 9.42. The predicted octanol–water partition coefficient (Wildman–Crippen LogP) is 1.19. The van der Waals surface area contributed by atoms with E-state index in [-0.39, 0.29) is 6.04 Å². The summed E-state index contributed by atoms with van der Waals surface area (Å²) in [5, 5.41) is 9.08. The summed E-state index contributed by atoms with van der Waals surface area (Å²) in [5.41, 5.74) is 0. The van der Waals surface area contributed by atoms with Crippen molar-refractivity contribution in [1.82, 2.24) is 4.90 Å². The number of fused-ring (bicyclic) bond motifs is 1. The van der Waals surface area contributed by atoms with Crippen LogP contribution in [0.4, 0.5) is 0 Å². The Hall–Kier alpha value is -0.570. The number of carboxylic acid groups (broad SMARTS) is 1. The van der Waals surface area contributed by atoms with Crippen molar-refractivity contribution in [1.29, 1.82) is 0 Å². The average Bonchev–Trinajstić information content (AvgIpc) is 2.39. The molecular weight excluding hydrogens is 166 g/mol. The highest BCUT2D eigenvalue weighted by molar-refractivity contribution is 5.74. The number of hydrogen-bond acceptors (Lipinski definition) is 2. The van der Waals surface area contributed by atoms with E-state index >= 15 is 0 Å². The fourth-order valence-corrected chi connectivity index (χ4v) is 3.06. The van der Waals surface area contributed by atoms with Crippen molar-refractivity contribution >= 4 is 5.97 Å². The molecule has 1 saturated carbocycles. The molecular formula is C10H17NO2. The molecule has 1 saturated heterocycles. The van der Waals surface area contributed by atoms with Crippen molar-refractivity contribution in [3.05, 3.63) is 0 Å². The smallest absolute Gasteiger partial charge is 0.321 e. The van der Waals surface area contributed by atoms with Gasteiger partial charge in [-0.15, -0.1) is 0 Å². The first-order valence-electron chi connectivity index (χ1n) is 5.13. The predicted molar refractivity (Wildman–Crippen MR) is 49.5 cm³/mol. The van der Waals surface area contributed by atoms with Gasteiger partial charge >= 0.3 is 5.97 Å². The lowest BCUT2D eigenvalue weighted by Crippen LogP contribution is -2.37. The normalized spacial score (nSPS) is 40.2. The van der Waals surface area contributed by atoms with Gasteiger partial charge in [-0.2, -0.15) is 0 Å². The number of rotatable bonds is 1. The minimum absolute atomic E-state index is 0.203. The van der Waals surface area contributed by atoms with Gasteiger partial charge in [0, 0.05) is 6.54 Å². The number of aliphatic carboxylic acids is 1. The van der Waals surface area contributed by atoms with Crippen molar-refractivity contribution in [2.75, 3.05) is 13.6 Å². The molecule has 0 aromatic heterocycles. The van der Waals surface area contributed by atoms with E-state index in [1.807, 2.05) is 11.9 Å². The van der Waals surface area contributed by atoms with Gasteiger partial charge in [0.1, 0.15) is 6.04 Å². The van der Waals surface area contributed by atoms with Gasteiger partial charge in [0.2, 0.25) is 0 Å². The third-order valence-corrected chi connectivity index (χ3v) is 3.62. The Bertz CT molecular complexity index is 217. The second kappa shape index (κ2) is 3.29. The molecule has 3 atom stereocenters. The van der Waals surface area contributed by atoms with Gasteiger partial charge in [-0.25, -0.2) is 0 Å². The Balaban J connectivity index is 2.13. The fraction of sp³-hybridized carbons (Fsp3) is 0.900. The maximum Gasteiger partial charge on any atom is 0.321 e. The van der Waals surface area contributed by atoms with E-state index < -0.39 is 5.97 Å². The lowest BCUT2D eigenvalue weighted by molar-refractivity contribution is -0.143. The first kappa shape index (κ1) is 9.00. The minimum Gasteiger partial charge on any atom is -0.480 e. The van der Waals surface area contributed by atoms with E-state index in [4.69, 9.17) is 5.11 Å². The Morgan fingerprint density at radius 2 is 2.08 bits per heavy atom. The summed E-state index contributed by atoms with van der Waals surface area (Å²) < 4.78 is 0. The van der Waals surface area contributed by atoms with E-state index in [1.165, 1.54) is 19.3 Å². The van der Waals surface area contributed by atoms with Crippen LogP contribution in [0, 0.1) is 11.8 Å². The maximum atomic E-state index is 11.0.